The van der Waals surface area contributed by atoms with E-state index in [1.54, 1.807) is 0 Å². The van der Waals surface area contributed by atoms with Gasteiger partial charge in [0.05, 0.1) is 0 Å². The average Bonchev–Trinajstić information content (AvgIpc) is 2.38. The lowest BCUT2D eigenvalue weighted by molar-refractivity contribution is 0.0983. The summed E-state index contributed by atoms with van der Waals surface area (Å²) in [5.74, 6) is 0.217. The van der Waals surface area contributed by atoms with Gasteiger partial charge in [-0.25, -0.2) is 0 Å². The summed E-state index contributed by atoms with van der Waals surface area (Å²) in [7, 11) is 0. The Kier molecular flexibility index (Phi) is 3.71. The molecule has 1 heteroatoms. The number of Topliss-reactive ketones (excluding diaryl/α,β-unsaturated/α-hetero) is 1. The zero-order chi connectivity index (χ0) is 12.1. The first-order valence-electron chi connectivity index (χ1n) is 5.90. The van der Waals surface area contributed by atoms with Crippen LogP contribution in [0, 0.1) is 6.92 Å². The monoisotopic (exact) mass is 224 g/mol. The predicted molar refractivity (Wildman–Crippen MR) is 70.3 cm³/mol. The fourth-order valence-corrected chi connectivity index (χ4v) is 1.91. The van der Waals surface area contributed by atoms with Crippen molar-refractivity contribution in [2.75, 3.05) is 0 Å². The lowest BCUT2D eigenvalue weighted by Gasteiger charge is -2.04. The Labute approximate surface area is 102 Å². The van der Waals surface area contributed by atoms with Crippen molar-refractivity contribution in [1.29, 1.82) is 0 Å². The van der Waals surface area contributed by atoms with Crippen LogP contribution in [0.15, 0.2) is 54.6 Å². The molecule has 0 amide bonds. The molecule has 0 heterocycles. The van der Waals surface area contributed by atoms with E-state index in [9.17, 15) is 4.79 Å². The number of aryl methyl sites for hydroxylation is 2. The Bertz CT molecular complexity index is 500. The van der Waals surface area contributed by atoms with E-state index in [1.807, 2.05) is 42.5 Å². The van der Waals surface area contributed by atoms with Crippen LogP contribution in [0.3, 0.4) is 0 Å². The number of carbonyl (C=O) groups excluding carboxylic acids is 1. The molecular weight excluding hydrogens is 208 g/mol. The first-order valence-corrected chi connectivity index (χ1v) is 5.90. The van der Waals surface area contributed by atoms with Crippen molar-refractivity contribution in [2.45, 2.75) is 19.8 Å². The van der Waals surface area contributed by atoms with Crippen LogP contribution in [0.1, 0.15) is 27.9 Å². The molecule has 0 bridgehead atoms. The van der Waals surface area contributed by atoms with Gasteiger partial charge >= 0.3 is 0 Å². The molecule has 0 radical (unpaired) electrons. The van der Waals surface area contributed by atoms with E-state index in [2.05, 4.69) is 19.1 Å². The van der Waals surface area contributed by atoms with E-state index < -0.39 is 0 Å². The molecule has 0 aromatic heterocycles. The van der Waals surface area contributed by atoms with E-state index in [0.717, 1.165) is 12.0 Å². The van der Waals surface area contributed by atoms with Gasteiger partial charge in [0.1, 0.15) is 0 Å². The minimum atomic E-state index is 0.217. The highest BCUT2D eigenvalue weighted by molar-refractivity contribution is 5.96. The van der Waals surface area contributed by atoms with E-state index in [4.69, 9.17) is 0 Å². The highest BCUT2D eigenvalue weighted by atomic mass is 16.1. The zero-order valence-corrected chi connectivity index (χ0v) is 10.0. The van der Waals surface area contributed by atoms with Gasteiger partial charge in [0.25, 0.3) is 0 Å². The molecule has 17 heavy (non-hydrogen) atoms. The average molecular weight is 224 g/mol. The van der Waals surface area contributed by atoms with Crippen molar-refractivity contribution < 1.29 is 4.79 Å². The zero-order valence-electron chi connectivity index (χ0n) is 10.0. The van der Waals surface area contributed by atoms with Gasteiger partial charge in [-0.1, -0.05) is 54.6 Å². The maximum atomic E-state index is 11.9. The number of hydrogen-bond acceptors (Lipinski definition) is 1. The van der Waals surface area contributed by atoms with Gasteiger partial charge in [-0.05, 0) is 24.5 Å². The molecule has 0 saturated carbocycles. The van der Waals surface area contributed by atoms with E-state index in [-0.39, 0.29) is 5.78 Å². The lowest BCUT2D eigenvalue weighted by Crippen LogP contribution is -2.01. The predicted octanol–water partition coefficient (Wildman–Crippen LogP) is 3.81. The van der Waals surface area contributed by atoms with E-state index in [1.165, 1.54) is 11.1 Å². The third kappa shape index (κ3) is 3.04. The van der Waals surface area contributed by atoms with Crippen LogP contribution in [-0.2, 0) is 6.42 Å². The third-order valence-corrected chi connectivity index (χ3v) is 2.98. The Hall–Kier alpha value is -1.89. The van der Waals surface area contributed by atoms with Gasteiger partial charge in [0.15, 0.2) is 5.78 Å². The van der Waals surface area contributed by atoms with Crippen molar-refractivity contribution in [3.05, 3.63) is 71.3 Å². The Balaban J connectivity index is 2.00. The number of ketones is 1. The summed E-state index contributed by atoms with van der Waals surface area (Å²) >= 11 is 0. The molecule has 0 aliphatic carbocycles. The van der Waals surface area contributed by atoms with Gasteiger partial charge in [0.2, 0.25) is 0 Å². The standard InChI is InChI=1S/C16H16O/c1-13-7-5-6-8-14(13)11-12-16(17)15-9-3-2-4-10-15/h2-10H,11-12H2,1H3. The second-order valence-corrected chi connectivity index (χ2v) is 4.22. The largest absolute Gasteiger partial charge is 0.294 e. The van der Waals surface area contributed by atoms with Crippen LogP contribution in [-0.4, -0.2) is 5.78 Å². The molecule has 86 valence electrons. The molecule has 0 fully saturated rings. The topological polar surface area (TPSA) is 17.1 Å². The molecule has 0 aliphatic heterocycles. The van der Waals surface area contributed by atoms with Crippen LogP contribution in [0.2, 0.25) is 0 Å². The smallest absolute Gasteiger partial charge is 0.163 e. The van der Waals surface area contributed by atoms with Gasteiger partial charge in [-0.3, -0.25) is 4.79 Å². The van der Waals surface area contributed by atoms with Gasteiger partial charge in [0, 0.05) is 12.0 Å². The van der Waals surface area contributed by atoms with Crippen molar-refractivity contribution in [2.24, 2.45) is 0 Å². The maximum absolute atomic E-state index is 11.9. The summed E-state index contributed by atoms with van der Waals surface area (Å²) in [6.45, 7) is 2.09. The first-order chi connectivity index (χ1) is 8.27. The highest BCUT2D eigenvalue weighted by Gasteiger charge is 2.06. The summed E-state index contributed by atoms with van der Waals surface area (Å²) in [5.41, 5.74) is 3.33. The SMILES string of the molecule is Cc1ccccc1CCC(=O)c1ccccc1. The van der Waals surface area contributed by atoms with Crippen molar-refractivity contribution in [3.63, 3.8) is 0 Å². The second kappa shape index (κ2) is 5.44. The Morgan fingerprint density at radius 1 is 0.941 bits per heavy atom. The van der Waals surface area contributed by atoms with Crippen LogP contribution in [0.4, 0.5) is 0 Å². The lowest BCUT2D eigenvalue weighted by atomic mass is 10.00. The molecule has 0 spiro atoms. The third-order valence-electron chi connectivity index (χ3n) is 2.98. The number of benzene rings is 2. The molecule has 2 aromatic rings. The molecule has 2 aromatic carbocycles. The normalized spacial score (nSPS) is 10.2. The number of rotatable bonds is 4. The maximum Gasteiger partial charge on any atom is 0.163 e. The Morgan fingerprint density at radius 3 is 2.29 bits per heavy atom. The van der Waals surface area contributed by atoms with Crippen LogP contribution in [0.5, 0.6) is 0 Å². The summed E-state index contributed by atoms with van der Waals surface area (Å²) in [6, 6.07) is 17.7. The summed E-state index contributed by atoms with van der Waals surface area (Å²) in [6.07, 6.45) is 1.40. The van der Waals surface area contributed by atoms with Gasteiger partial charge < -0.3 is 0 Å². The fraction of sp³-hybridized carbons (Fsp3) is 0.188. The van der Waals surface area contributed by atoms with E-state index in [0.29, 0.717) is 6.42 Å². The summed E-state index contributed by atoms with van der Waals surface area (Å²) in [4.78, 5) is 11.9. The van der Waals surface area contributed by atoms with Crippen molar-refractivity contribution >= 4 is 5.78 Å². The molecule has 1 nitrogen and oxygen atoms in total. The minimum absolute atomic E-state index is 0.217. The summed E-state index contributed by atoms with van der Waals surface area (Å²) < 4.78 is 0. The quantitative estimate of drug-likeness (QED) is 0.722. The van der Waals surface area contributed by atoms with Crippen molar-refractivity contribution in [3.8, 4) is 0 Å². The van der Waals surface area contributed by atoms with Crippen LogP contribution < -0.4 is 0 Å². The molecular formula is C16H16O. The molecule has 0 saturated heterocycles. The minimum Gasteiger partial charge on any atom is -0.294 e. The molecule has 0 atom stereocenters. The molecule has 0 unspecified atom stereocenters. The molecule has 0 N–H and O–H groups in total. The fourth-order valence-electron chi connectivity index (χ4n) is 1.91. The van der Waals surface area contributed by atoms with Crippen molar-refractivity contribution in [1.82, 2.24) is 0 Å². The van der Waals surface area contributed by atoms with Gasteiger partial charge in [-0.15, -0.1) is 0 Å². The molecule has 0 aliphatic rings. The molecule has 2 rings (SSSR count). The van der Waals surface area contributed by atoms with Gasteiger partial charge in [-0.2, -0.15) is 0 Å². The first kappa shape index (κ1) is 11.6. The second-order valence-electron chi connectivity index (χ2n) is 4.22. The Morgan fingerprint density at radius 2 is 1.59 bits per heavy atom. The van der Waals surface area contributed by atoms with Crippen LogP contribution >= 0.6 is 0 Å². The number of carbonyl (C=O) groups is 1. The number of hydrogen-bond donors (Lipinski definition) is 0. The van der Waals surface area contributed by atoms with E-state index >= 15 is 0 Å². The summed E-state index contributed by atoms with van der Waals surface area (Å²) in [5, 5.41) is 0. The highest BCUT2D eigenvalue weighted by Crippen LogP contribution is 2.12. The van der Waals surface area contributed by atoms with Crippen LogP contribution in [0.25, 0.3) is 0 Å².